The molecule has 130 valence electrons. The summed E-state index contributed by atoms with van der Waals surface area (Å²) in [7, 11) is 0. The lowest BCUT2D eigenvalue weighted by Crippen LogP contribution is -2.46. The van der Waals surface area contributed by atoms with Gasteiger partial charge in [-0.1, -0.05) is 6.92 Å². The highest BCUT2D eigenvalue weighted by Gasteiger charge is 2.21. The molecule has 1 aromatic carbocycles. The number of nitrogens with two attached hydrogens (primary N) is 1. The number of amides is 2. The summed E-state index contributed by atoms with van der Waals surface area (Å²) >= 11 is 0. The number of carbonyl (C=O) groups excluding carboxylic acids is 2. The first kappa shape index (κ1) is 17.9. The van der Waals surface area contributed by atoms with Crippen molar-refractivity contribution in [2.75, 3.05) is 13.2 Å². The lowest BCUT2D eigenvalue weighted by Gasteiger charge is -2.19. The summed E-state index contributed by atoms with van der Waals surface area (Å²) in [4.78, 5) is 23.0. The minimum atomic E-state index is -0.454. The lowest BCUT2D eigenvalue weighted by molar-refractivity contribution is -0.123. The zero-order valence-corrected chi connectivity index (χ0v) is 14.3. The summed E-state index contributed by atoms with van der Waals surface area (Å²) in [5.41, 5.74) is 9.61. The van der Waals surface area contributed by atoms with Crippen LogP contribution >= 0.6 is 0 Å². The van der Waals surface area contributed by atoms with Crippen molar-refractivity contribution in [2.45, 2.75) is 32.7 Å². The first-order valence-electron chi connectivity index (χ1n) is 7.90. The third-order valence-electron chi connectivity index (χ3n) is 3.52. The van der Waals surface area contributed by atoms with Crippen LogP contribution in [-0.2, 0) is 9.59 Å². The Morgan fingerprint density at radius 2 is 2.08 bits per heavy atom. The van der Waals surface area contributed by atoms with Crippen LogP contribution in [0.4, 0.5) is 0 Å². The van der Waals surface area contributed by atoms with Crippen molar-refractivity contribution in [3.8, 4) is 5.75 Å². The maximum atomic E-state index is 11.7. The number of rotatable bonds is 6. The molecule has 4 N–H and O–H groups in total. The number of benzene rings is 1. The van der Waals surface area contributed by atoms with Gasteiger partial charge in [0.05, 0.1) is 5.71 Å². The summed E-state index contributed by atoms with van der Waals surface area (Å²) in [5.74, 6) is 0.369. The number of nitrogens with one attached hydrogen (secondary N) is 2. The van der Waals surface area contributed by atoms with Crippen LogP contribution in [0.1, 0.15) is 32.8 Å². The number of carbonyl (C=O) groups is 2. The van der Waals surface area contributed by atoms with Crippen LogP contribution in [-0.4, -0.2) is 36.2 Å². The summed E-state index contributed by atoms with van der Waals surface area (Å²) in [6, 6.07) is 7.29. The Balaban J connectivity index is 1.88. The first-order chi connectivity index (χ1) is 11.2. The molecule has 0 spiro atoms. The minimum Gasteiger partial charge on any atom is -0.484 e. The van der Waals surface area contributed by atoms with Crippen LogP contribution in [0.3, 0.4) is 0 Å². The molecule has 0 bridgehead atoms. The van der Waals surface area contributed by atoms with Gasteiger partial charge in [0.1, 0.15) is 5.75 Å². The molecule has 0 radical (unpaired) electrons. The van der Waals surface area contributed by atoms with Crippen molar-refractivity contribution in [2.24, 2.45) is 16.8 Å². The van der Waals surface area contributed by atoms with Gasteiger partial charge in [-0.2, -0.15) is 5.10 Å². The molecule has 0 aliphatic carbocycles. The average Bonchev–Trinajstić information content (AvgIpc) is 2.51. The molecule has 1 atom stereocenters. The van der Waals surface area contributed by atoms with E-state index in [2.05, 4.69) is 15.8 Å². The van der Waals surface area contributed by atoms with Crippen molar-refractivity contribution >= 4 is 17.5 Å². The van der Waals surface area contributed by atoms with E-state index in [-0.39, 0.29) is 24.3 Å². The standard InChI is InChI=1S/C17H24N4O3/c1-11-8-14(22)20-21-16(11)12-4-6-13(7-5-12)24-9-15(23)19-10-17(2,3)18/h4-7,11H,8-10,18H2,1-3H3,(H,19,23)(H,20,22)/t11-/m0/s1. The molecule has 7 nitrogen and oxygen atoms in total. The average molecular weight is 332 g/mol. The number of nitrogens with zero attached hydrogens (tertiary/aromatic N) is 1. The largest absolute Gasteiger partial charge is 0.484 e. The van der Waals surface area contributed by atoms with Crippen LogP contribution in [0.2, 0.25) is 0 Å². The second-order valence-corrected chi connectivity index (χ2v) is 6.72. The number of hydrogen-bond acceptors (Lipinski definition) is 5. The van der Waals surface area contributed by atoms with E-state index in [1.54, 1.807) is 12.1 Å². The van der Waals surface area contributed by atoms with E-state index in [1.807, 2.05) is 32.9 Å². The lowest BCUT2D eigenvalue weighted by atomic mass is 9.94. The molecule has 1 aliphatic rings. The Bertz CT molecular complexity index is 632. The zero-order chi connectivity index (χ0) is 17.7. The van der Waals surface area contributed by atoms with Crippen molar-refractivity contribution in [1.82, 2.24) is 10.7 Å². The maximum absolute atomic E-state index is 11.7. The van der Waals surface area contributed by atoms with Gasteiger partial charge in [0.25, 0.3) is 5.91 Å². The van der Waals surface area contributed by atoms with Crippen LogP contribution in [0.5, 0.6) is 5.75 Å². The van der Waals surface area contributed by atoms with Crippen LogP contribution in [0, 0.1) is 5.92 Å². The summed E-state index contributed by atoms with van der Waals surface area (Å²) in [5, 5.41) is 6.83. The van der Waals surface area contributed by atoms with E-state index in [0.717, 1.165) is 11.3 Å². The van der Waals surface area contributed by atoms with Crippen molar-refractivity contribution in [3.63, 3.8) is 0 Å². The highest BCUT2D eigenvalue weighted by atomic mass is 16.5. The molecule has 2 rings (SSSR count). The van der Waals surface area contributed by atoms with E-state index >= 15 is 0 Å². The Morgan fingerprint density at radius 1 is 1.42 bits per heavy atom. The molecule has 0 saturated carbocycles. The fourth-order valence-electron chi connectivity index (χ4n) is 2.25. The Morgan fingerprint density at radius 3 is 2.67 bits per heavy atom. The van der Waals surface area contributed by atoms with Gasteiger partial charge >= 0.3 is 0 Å². The van der Waals surface area contributed by atoms with Crippen LogP contribution < -0.4 is 21.2 Å². The number of hydrazone groups is 1. The van der Waals surface area contributed by atoms with Gasteiger partial charge in [0.15, 0.2) is 6.61 Å². The van der Waals surface area contributed by atoms with Crippen LogP contribution in [0.25, 0.3) is 0 Å². The third-order valence-corrected chi connectivity index (χ3v) is 3.52. The number of hydrogen-bond donors (Lipinski definition) is 3. The van der Waals surface area contributed by atoms with Gasteiger partial charge in [-0.3, -0.25) is 9.59 Å². The maximum Gasteiger partial charge on any atom is 0.258 e. The molecular formula is C17H24N4O3. The fourth-order valence-corrected chi connectivity index (χ4v) is 2.25. The van der Waals surface area contributed by atoms with E-state index in [9.17, 15) is 9.59 Å². The summed E-state index contributed by atoms with van der Waals surface area (Å²) in [6.07, 6.45) is 0.425. The first-order valence-corrected chi connectivity index (χ1v) is 7.90. The van der Waals surface area contributed by atoms with Gasteiger partial charge in [0, 0.05) is 24.4 Å². The topological polar surface area (TPSA) is 106 Å². The predicted octanol–water partition coefficient (Wildman–Crippen LogP) is 0.779. The Kier molecular flexibility index (Phi) is 5.56. The Labute approximate surface area is 141 Å². The number of ether oxygens (including phenoxy) is 1. The summed E-state index contributed by atoms with van der Waals surface area (Å²) < 4.78 is 5.46. The quantitative estimate of drug-likeness (QED) is 0.715. The highest BCUT2D eigenvalue weighted by Crippen LogP contribution is 2.19. The van der Waals surface area contributed by atoms with E-state index in [0.29, 0.717) is 18.7 Å². The monoisotopic (exact) mass is 332 g/mol. The van der Waals surface area contributed by atoms with Crippen molar-refractivity contribution in [1.29, 1.82) is 0 Å². The molecule has 0 aromatic heterocycles. The molecule has 7 heteroatoms. The van der Waals surface area contributed by atoms with Gasteiger partial charge in [-0.15, -0.1) is 0 Å². The highest BCUT2D eigenvalue weighted by molar-refractivity contribution is 6.05. The molecule has 24 heavy (non-hydrogen) atoms. The van der Waals surface area contributed by atoms with Crippen molar-refractivity contribution in [3.05, 3.63) is 29.8 Å². The molecule has 0 fully saturated rings. The molecule has 0 saturated heterocycles. The third kappa shape index (κ3) is 5.34. The van der Waals surface area contributed by atoms with Gasteiger partial charge < -0.3 is 15.8 Å². The van der Waals surface area contributed by atoms with E-state index in [4.69, 9.17) is 10.5 Å². The second-order valence-electron chi connectivity index (χ2n) is 6.72. The van der Waals surface area contributed by atoms with Gasteiger partial charge in [0.2, 0.25) is 5.91 Å². The van der Waals surface area contributed by atoms with Crippen molar-refractivity contribution < 1.29 is 14.3 Å². The predicted molar refractivity (Wildman–Crippen MR) is 91.7 cm³/mol. The molecule has 0 unspecified atom stereocenters. The summed E-state index contributed by atoms with van der Waals surface area (Å²) in [6.45, 7) is 5.96. The van der Waals surface area contributed by atoms with Gasteiger partial charge in [-0.25, -0.2) is 5.43 Å². The molecule has 2 amide bonds. The molecular weight excluding hydrogens is 308 g/mol. The zero-order valence-electron chi connectivity index (χ0n) is 14.3. The Hall–Kier alpha value is -2.41. The second kappa shape index (κ2) is 7.44. The normalized spacial score (nSPS) is 17.8. The molecule has 1 heterocycles. The minimum absolute atomic E-state index is 0.0657. The smallest absolute Gasteiger partial charge is 0.258 e. The van der Waals surface area contributed by atoms with Gasteiger partial charge in [-0.05, 0) is 43.7 Å². The van der Waals surface area contributed by atoms with E-state index < -0.39 is 5.54 Å². The van der Waals surface area contributed by atoms with Crippen LogP contribution in [0.15, 0.2) is 29.4 Å². The molecule has 1 aromatic rings. The molecule has 1 aliphatic heterocycles. The fraction of sp³-hybridized carbons (Fsp3) is 0.471. The SMILES string of the molecule is C[C@H]1CC(=O)NN=C1c1ccc(OCC(=O)NCC(C)(C)N)cc1. The van der Waals surface area contributed by atoms with E-state index in [1.165, 1.54) is 0 Å².